The van der Waals surface area contributed by atoms with Gasteiger partial charge in [0.15, 0.2) is 0 Å². The Morgan fingerprint density at radius 3 is 2.90 bits per heavy atom. The van der Waals surface area contributed by atoms with Crippen LogP contribution < -0.4 is 10.2 Å². The van der Waals surface area contributed by atoms with E-state index in [-0.39, 0.29) is 0 Å². The number of nitrogens with one attached hydrogen (secondary N) is 1. The van der Waals surface area contributed by atoms with E-state index in [0.717, 1.165) is 56.6 Å². The first-order valence-corrected chi connectivity index (χ1v) is 8.01. The van der Waals surface area contributed by atoms with Crippen molar-refractivity contribution in [2.24, 2.45) is 5.92 Å². The normalized spacial score (nSPS) is 24.2. The molecule has 0 bridgehead atoms. The third-order valence-corrected chi connectivity index (χ3v) is 4.61. The van der Waals surface area contributed by atoms with Gasteiger partial charge in [-0.2, -0.15) is 0 Å². The predicted octanol–water partition coefficient (Wildman–Crippen LogP) is 2.93. The summed E-state index contributed by atoms with van der Waals surface area (Å²) in [7, 11) is 0. The fourth-order valence-electron chi connectivity index (χ4n) is 3.14. The topological polar surface area (TPSA) is 24.5 Å². The minimum Gasteiger partial charge on any atom is -0.381 e. The van der Waals surface area contributed by atoms with E-state index in [1.165, 1.54) is 12.1 Å². The average molecular weight is 295 g/mol. The quantitative estimate of drug-likeness (QED) is 0.924. The highest BCUT2D eigenvalue weighted by atomic mass is 35.5. The van der Waals surface area contributed by atoms with Crippen LogP contribution in [0, 0.1) is 5.92 Å². The van der Waals surface area contributed by atoms with Gasteiger partial charge >= 0.3 is 0 Å². The molecule has 0 amide bonds. The molecule has 3 nitrogen and oxygen atoms in total. The van der Waals surface area contributed by atoms with E-state index in [4.69, 9.17) is 16.3 Å². The van der Waals surface area contributed by atoms with E-state index < -0.39 is 0 Å². The van der Waals surface area contributed by atoms with Gasteiger partial charge in [-0.1, -0.05) is 17.7 Å². The number of halogens is 1. The second kappa shape index (κ2) is 6.79. The molecule has 2 fully saturated rings. The van der Waals surface area contributed by atoms with Gasteiger partial charge in [-0.05, 0) is 49.9 Å². The van der Waals surface area contributed by atoms with Gasteiger partial charge in [-0.15, -0.1) is 0 Å². The van der Waals surface area contributed by atoms with Crippen LogP contribution in [0.25, 0.3) is 0 Å². The molecule has 0 aliphatic carbocycles. The molecule has 1 N–H and O–H groups in total. The lowest BCUT2D eigenvalue weighted by atomic mass is 10.1. The van der Waals surface area contributed by atoms with Crippen LogP contribution in [0.2, 0.25) is 5.02 Å². The third-order valence-electron chi connectivity index (χ3n) is 4.38. The molecule has 1 aromatic rings. The zero-order valence-corrected chi connectivity index (χ0v) is 12.6. The van der Waals surface area contributed by atoms with Crippen LogP contribution in [-0.4, -0.2) is 38.9 Å². The highest BCUT2D eigenvalue weighted by Crippen LogP contribution is 2.25. The first-order valence-electron chi connectivity index (χ1n) is 7.63. The Morgan fingerprint density at radius 2 is 2.10 bits per heavy atom. The molecule has 20 heavy (non-hydrogen) atoms. The molecule has 3 rings (SSSR count). The van der Waals surface area contributed by atoms with E-state index in [1.807, 2.05) is 12.1 Å². The van der Waals surface area contributed by atoms with Crippen molar-refractivity contribution in [3.8, 4) is 0 Å². The fraction of sp³-hybridized carbons (Fsp3) is 0.625. The average Bonchev–Trinajstić information content (AvgIpc) is 2.95. The Kier molecular flexibility index (Phi) is 4.81. The monoisotopic (exact) mass is 294 g/mol. The molecule has 2 aliphatic rings. The minimum atomic E-state index is 0.656. The van der Waals surface area contributed by atoms with Crippen molar-refractivity contribution < 1.29 is 4.74 Å². The maximum Gasteiger partial charge on any atom is 0.0480 e. The Balaban J connectivity index is 1.47. The van der Waals surface area contributed by atoms with Gasteiger partial charge in [0.1, 0.15) is 0 Å². The van der Waals surface area contributed by atoms with Crippen LogP contribution in [0.1, 0.15) is 19.3 Å². The number of benzene rings is 1. The maximum absolute atomic E-state index is 6.07. The molecule has 1 aromatic carbocycles. The highest BCUT2D eigenvalue weighted by molar-refractivity contribution is 6.30. The highest BCUT2D eigenvalue weighted by Gasteiger charge is 2.24. The van der Waals surface area contributed by atoms with Crippen LogP contribution >= 0.6 is 11.6 Å². The second-order valence-electron chi connectivity index (χ2n) is 5.88. The van der Waals surface area contributed by atoms with Crippen molar-refractivity contribution in [3.63, 3.8) is 0 Å². The maximum atomic E-state index is 6.07. The summed E-state index contributed by atoms with van der Waals surface area (Å²) in [6, 6.07) is 8.84. The molecule has 2 aliphatic heterocycles. The van der Waals surface area contributed by atoms with Gasteiger partial charge in [0.05, 0.1) is 0 Å². The van der Waals surface area contributed by atoms with Crippen LogP contribution in [0.15, 0.2) is 24.3 Å². The summed E-state index contributed by atoms with van der Waals surface area (Å²) in [6.07, 6.45) is 3.58. The fourth-order valence-corrected chi connectivity index (χ4v) is 3.33. The summed E-state index contributed by atoms with van der Waals surface area (Å²) >= 11 is 6.07. The first kappa shape index (κ1) is 14.2. The summed E-state index contributed by atoms with van der Waals surface area (Å²) in [5.74, 6) is 0.747. The molecular weight excluding hydrogens is 272 g/mol. The standard InChI is InChI=1S/C16H23ClN2O/c17-14-2-1-3-16(10-14)19-7-4-13(12-19)11-18-15-5-8-20-9-6-15/h1-3,10,13,15,18H,4-9,11-12H2. The Hall–Kier alpha value is -0.770. The van der Waals surface area contributed by atoms with Crippen molar-refractivity contribution in [2.45, 2.75) is 25.3 Å². The van der Waals surface area contributed by atoms with Crippen molar-refractivity contribution >= 4 is 17.3 Å². The predicted molar refractivity (Wildman–Crippen MR) is 83.6 cm³/mol. The minimum absolute atomic E-state index is 0.656. The van der Waals surface area contributed by atoms with E-state index in [0.29, 0.717) is 6.04 Å². The smallest absolute Gasteiger partial charge is 0.0480 e. The van der Waals surface area contributed by atoms with Crippen molar-refractivity contribution in [2.75, 3.05) is 37.7 Å². The molecule has 4 heteroatoms. The Morgan fingerprint density at radius 1 is 1.25 bits per heavy atom. The van der Waals surface area contributed by atoms with E-state index in [2.05, 4.69) is 22.3 Å². The van der Waals surface area contributed by atoms with Crippen LogP contribution in [0.5, 0.6) is 0 Å². The summed E-state index contributed by atoms with van der Waals surface area (Å²) < 4.78 is 5.40. The molecular formula is C16H23ClN2O. The molecule has 0 radical (unpaired) electrons. The number of hydrogen-bond donors (Lipinski definition) is 1. The van der Waals surface area contributed by atoms with Gasteiger partial charge in [0, 0.05) is 43.1 Å². The lowest BCUT2D eigenvalue weighted by Gasteiger charge is -2.25. The molecule has 2 saturated heterocycles. The lowest BCUT2D eigenvalue weighted by Crippen LogP contribution is -2.38. The largest absolute Gasteiger partial charge is 0.381 e. The zero-order chi connectivity index (χ0) is 13.8. The van der Waals surface area contributed by atoms with E-state index in [1.54, 1.807) is 0 Å². The molecule has 0 saturated carbocycles. The Bertz CT molecular complexity index is 434. The number of ether oxygens (including phenoxy) is 1. The number of hydrogen-bond acceptors (Lipinski definition) is 3. The zero-order valence-electron chi connectivity index (χ0n) is 11.9. The third kappa shape index (κ3) is 3.66. The van der Waals surface area contributed by atoms with Crippen LogP contribution in [-0.2, 0) is 4.74 Å². The van der Waals surface area contributed by atoms with Crippen molar-refractivity contribution in [3.05, 3.63) is 29.3 Å². The molecule has 1 atom stereocenters. The summed E-state index contributed by atoms with van der Waals surface area (Å²) in [6.45, 7) is 5.23. The summed E-state index contributed by atoms with van der Waals surface area (Å²) in [4.78, 5) is 2.45. The van der Waals surface area contributed by atoms with Crippen molar-refractivity contribution in [1.29, 1.82) is 0 Å². The first-order chi connectivity index (χ1) is 9.81. The summed E-state index contributed by atoms with van der Waals surface area (Å²) in [5, 5.41) is 4.54. The number of nitrogens with zero attached hydrogens (tertiary/aromatic N) is 1. The molecule has 2 heterocycles. The second-order valence-corrected chi connectivity index (χ2v) is 6.31. The molecule has 1 unspecified atom stereocenters. The lowest BCUT2D eigenvalue weighted by molar-refractivity contribution is 0.0771. The van der Waals surface area contributed by atoms with Crippen LogP contribution in [0.3, 0.4) is 0 Å². The Labute approximate surface area is 126 Å². The van der Waals surface area contributed by atoms with E-state index >= 15 is 0 Å². The van der Waals surface area contributed by atoms with Gasteiger partial charge in [0.2, 0.25) is 0 Å². The van der Waals surface area contributed by atoms with Crippen molar-refractivity contribution in [1.82, 2.24) is 5.32 Å². The number of anilines is 1. The van der Waals surface area contributed by atoms with Gasteiger partial charge in [-0.3, -0.25) is 0 Å². The van der Waals surface area contributed by atoms with E-state index in [9.17, 15) is 0 Å². The SMILES string of the molecule is Clc1cccc(N2CCC(CNC3CCOCC3)C2)c1. The molecule has 0 aromatic heterocycles. The number of rotatable bonds is 4. The van der Waals surface area contributed by atoms with Gasteiger partial charge < -0.3 is 15.0 Å². The molecule has 110 valence electrons. The van der Waals surface area contributed by atoms with Gasteiger partial charge in [-0.25, -0.2) is 0 Å². The summed E-state index contributed by atoms with van der Waals surface area (Å²) in [5.41, 5.74) is 1.26. The van der Waals surface area contributed by atoms with Gasteiger partial charge in [0.25, 0.3) is 0 Å². The molecule has 0 spiro atoms. The van der Waals surface area contributed by atoms with Crippen LogP contribution in [0.4, 0.5) is 5.69 Å².